The van der Waals surface area contributed by atoms with Crippen molar-refractivity contribution in [3.05, 3.63) is 65.0 Å². The van der Waals surface area contributed by atoms with Crippen molar-refractivity contribution in [2.24, 2.45) is 0 Å². The highest BCUT2D eigenvalue weighted by molar-refractivity contribution is 6.05. The molecule has 0 aliphatic carbocycles. The van der Waals surface area contributed by atoms with Crippen LogP contribution >= 0.6 is 0 Å². The standard InChI is InChI=1S/C17H17FN2O2/c1-3-19-16(21)12-5-4-6-14(9-12)20-17(22)13-8-7-11(2)15(18)10-13/h4-10H,3H2,1-2H3,(H,19,21)(H,20,22). The summed E-state index contributed by atoms with van der Waals surface area (Å²) in [5.41, 5.74) is 1.64. The highest BCUT2D eigenvalue weighted by atomic mass is 19.1. The van der Waals surface area contributed by atoms with E-state index in [1.165, 1.54) is 6.07 Å². The number of carbonyl (C=O) groups is 2. The molecule has 2 aromatic rings. The summed E-state index contributed by atoms with van der Waals surface area (Å²) >= 11 is 0. The van der Waals surface area contributed by atoms with Crippen molar-refractivity contribution in [2.75, 3.05) is 11.9 Å². The Kier molecular flexibility index (Phi) is 4.88. The van der Waals surface area contributed by atoms with Gasteiger partial charge in [0.2, 0.25) is 0 Å². The largest absolute Gasteiger partial charge is 0.352 e. The molecule has 0 fully saturated rings. The minimum atomic E-state index is -0.427. The van der Waals surface area contributed by atoms with Crippen LogP contribution in [0.15, 0.2) is 42.5 Å². The molecule has 0 bridgehead atoms. The molecule has 2 N–H and O–H groups in total. The molecule has 5 heteroatoms. The Morgan fingerprint density at radius 3 is 2.45 bits per heavy atom. The third kappa shape index (κ3) is 3.69. The molecule has 0 aromatic heterocycles. The molecule has 22 heavy (non-hydrogen) atoms. The lowest BCUT2D eigenvalue weighted by molar-refractivity contribution is 0.0954. The lowest BCUT2D eigenvalue weighted by atomic mass is 10.1. The second-order valence-electron chi connectivity index (χ2n) is 4.86. The van der Waals surface area contributed by atoms with Crippen molar-refractivity contribution in [1.29, 1.82) is 0 Å². The first-order chi connectivity index (χ1) is 10.5. The quantitative estimate of drug-likeness (QED) is 0.911. The Morgan fingerprint density at radius 2 is 1.77 bits per heavy atom. The van der Waals surface area contributed by atoms with Crippen molar-refractivity contribution < 1.29 is 14.0 Å². The molecule has 114 valence electrons. The molecular weight excluding hydrogens is 283 g/mol. The fourth-order valence-corrected chi connectivity index (χ4v) is 1.94. The first-order valence-electron chi connectivity index (χ1n) is 6.97. The van der Waals surface area contributed by atoms with Crippen LogP contribution in [-0.2, 0) is 0 Å². The van der Waals surface area contributed by atoms with Crippen LogP contribution in [0.2, 0.25) is 0 Å². The molecule has 2 aromatic carbocycles. The van der Waals surface area contributed by atoms with Crippen LogP contribution in [0, 0.1) is 12.7 Å². The number of hydrogen-bond acceptors (Lipinski definition) is 2. The Bertz CT molecular complexity index is 714. The Hall–Kier alpha value is -2.69. The molecule has 0 aliphatic rings. The molecule has 0 saturated carbocycles. The van der Waals surface area contributed by atoms with E-state index in [-0.39, 0.29) is 11.5 Å². The molecular formula is C17H17FN2O2. The Balaban J connectivity index is 2.16. The second-order valence-corrected chi connectivity index (χ2v) is 4.86. The molecule has 0 radical (unpaired) electrons. The maximum atomic E-state index is 13.5. The summed E-state index contributed by atoms with van der Waals surface area (Å²) < 4.78 is 13.5. The first-order valence-corrected chi connectivity index (χ1v) is 6.97. The number of aryl methyl sites for hydroxylation is 1. The van der Waals surface area contributed by atoms with E-state index in [0.717, 1.165) is 0 Å². The molecule has 0 saturated heterocycles. The van der Waals surface area contributed by atoms with Gasteiger partial charge in [0.05, 0.1) is 0 Å². The van der Waals surface area contributed by atoms with Crippen molar-refractivity contribution in [1.82, 2.24) is 5.32 Å². The number of benzene rings is 2. The fourth-order valence-electron chi connectivity index (χ4n) is 1.94. The van der Waals surface area contributed by atoms with Gasteiger partial charge in [-0.25, -0.2) is 4.39 Å². The maximum Gasteiger partial charge on any atom is 0.255 e. The summed E-state index contributed by atoms with van der Waals surface area (Å²) in [6, 6.07) is 10.9. The zero-order valence-electron chi connectivity index (χ0n) is 12.4. The van der Waals surface area contributed by atoms with Gasteiger partial charge in [-0.05, 0) is 49.7 Å². The summed E-state index contributed by atoms with van der Waals surface area (Å²) in [6.07, 6.45) is 0. The van der Waals surface area contributed by atoms with Gasteiger partial charge >= 0.3 is 0 Å². The highest BCUT2D eigenvalue weighted by Gasteiger charge is 2.10. The topological polar surface area (TPSA) is 58.2 Å². The van der Waals surface area contributed by atoms with Crippen LogP contribution in [0.5, 0.6) is 0 Å². The van der Waals surface area contributed by atoms with E-state index in [0.29, 0.717) is 23.4 Å². The van der Waals surface area contributed by atoms with Crippen molar-refractivity contribution in [3.8, 4) is 0 Å². The number of rotatable bonds is 4. The Labute approximate surface area is 128 Å². The highest BCUT2D eigenvalue weighted by Crippen LogP contribution is 2.14. The molecule has 4 nitrogen and oxygen atoms in total. The number of halogens is 1. The van der Waals surface area contributed by atoms with E-state index in [9.17, 15) is 14.0 Å². The molecule has 2 amide bonds. The van der Waals surface area contributed by atoms with E-state index in [2.05, 4.69) is 10.6 Å². The van der Waals surface area contributed by atoms with Gasteiger partial charge in [0, 0.05) is 23.4 Å². The molecule has 2 rings (SSSR count). The number of amides is 2. The van der Waals surface area contributed by atoms with E-state index < -0.39 is 11.7 Å². The minimum absolute atomic E-state index is 0.208. The molecule has 0 spiro atoms. The van der Waals surface area contributed by atoms with E-state index >= 15 is 0 Å². The van der Waals surface area contributed by atoms with Crippen LogP contribution in [-0.4, -0.2) is 18.4 Å². The normalized spacial score (nSPS) is 10.1. The average molecular weight is 300 g/mol. The van der Waals surface area contributed by atoms with Gasteiger partial charge in [0.25, 0.3) is 11.8 Å². The minimum Gasteiger partial charge on any atom is -0.352 e. The third-order valence-corrected chi connectivity index (χ3v) is 3.15. The van der Waals surface area contributed by atoms with Gasteiger partial charge < -0.3 is 10.6 Å². The van der Waals surface area contributed by atoms with Gasteiger partial charge in [0.15, 0.2) is 0 Å². The lowest BCUT2D eigenvalue weighted by Crippen LogP contribution is -2.22. The summed E-state index contributed by atoms with van der Waals surface area (Å²) in [5, 5.41) is 5.34. The smallest absolute Gasteiger partial charge is 0.255 e. The predicted molar refractivity (Wildman–Crippen MR) is 83.5 cm³/mol. The maximum absolute atomic E-state index is 13.5. The summed E-state index contributed by atoms with van der Waals surface area (Å²) in [4.78, 5) is 23.9. The van der Waals surface area contributed by atoms with Crippen molar-refractivity contribution >= 4 is 17.5 Å². The molecule has 0 aliphatic heterocycles. The second kappa shape index (κ2) is 6.85. The zero-order chi connectivity index (χ0) is 16.1. The summed E-state index contributed by atoms with van der Waals surface area (Å²) in [5.74, 6) is -1.06. The fraction of sp³-hybridized carbons (Fsp3) is 0.176. The molecule has 0 atom stereocenters. The molecule has 0 unspecified atom stereocenters. The van der Waals surface area contributed by atoms with Crippen LogP contribution in [0.1, 0.15) is 33.2 Å². The first kappa shape index (κ1) is 15.7. The Morgan fingerprint density at radius 1 is 1.05 bits per heavy atom. The number of nitrogens with one attached hydrogen (secondary N) is 2. The lowest BCUT2D eigenvalue weighted by Gasteiger charge is -2.08. The van der Waals surface area contributed by atoms with Crippen LogP contribution in [0.3, 0.4) is 0 Å². The van der Waals surface area contributed by atoms with Gasteiger partial charge in [-0.3, -0.25) is 9.59 Å². The van der Waals surface area contributed by atoms with Crippen molar-refractivity contribution in [3.63, 3.8) is 0 Å². The predicted octanol–water partition coefficient (Wildman–Crippen LogP) is 3.14. The van der Waals surface area contributed by atoms with Crippen molar-refractivity contribution in [2.45, 2.75) is 13.8 Å². The van der Waals surface area contributed by atoms with E-state index in [4.69, 9.17) is 0 Å². The monoisotopic (exact) mass is 300 g/mol. The third-order valence-electron chi connectivity index (χ3n) is 3.15. The van der Waals surface area contributed by atoms with Crippen LogP contribution in [0.25, 0.3) is 0 Å². The average Bonchev–Trinajstić information content (AvgIpc) is 2.50. The van der Waals surface area contributed by atoms with E-state index in [1.807, 2.05) is 6.92 Å². The van der Waals surface area contributed by atoms with Crippen LogP contribution in [0.4, 0.5) is 10.1 Å². The SMILES string of the molecule is CCNC(=O)c1cccc(NC(=O)c2ccc(C)c(F)c2)c1. The number of hydrogen-bond donors (Lipinski definition) is 2. The summed E-state index contributed by atoms with van der Waals surface area (Å²) in [6.45, 7) is 3.99. The van der Waals surface area contributed by atoms with Gasteiger partial charge in [-0.2, -0.15) is 0 Å². The number of carbonyl (C=O) groups excluding carboxylic acids is 2. The zero-order valence-corrected chi connectivity index (χ0v) is 12.4. The van der Waals surface area contributed by atoms with Gasteiger partial charge in [0.1, 0.15) is 5.82 Å². The van der Waals surface area contributed by atoms with Crippen LogP contribution < -0.4 is 10.6 Å². The molecule has 0 heterocycles. The number of anilines is 1. The summed E-state index contributed by atoms with van der Waals surface area (Å²) in [7, 11) is 0. The van der Waals surface area contributed by atoms with Gasteiger partial charge in [-0.1, -0.05) is 12.1 Å². The van der Waals surface area contributed by atoms with Gasteiger partial charge in [-0.15, -0.1) is 0 Å². The van der Waals surface area contributed by atoms with E-state index in [1.54, 1.807) is 43.3 Å².